The van der Waals surface area contributed by atoms with Crippen molar-refractivity contribution >= 4 is 5.91 Å². The van der Waals surface area contributed by atoms with Crippen LogP contribution in [0.1, 0.15) is 54.1 Å². The van der Waals surface area contributed by atoms with E-state index in [1.807, 2.05) is 36.4 Å². The maximum absolute atomic E-state index is 12.7. The van der Waals surface area contributed by atoms with Gasteiger partial charge in [0, 0.05) is 12.1 Å². The fourth-order valence-electron chi connectivity index (χ4n) is 3.58. The van der Waals surface area contributed by atoms with E-state index in [0.29, 0.717) is 5.92 Å². The van der Waals surface area contributed by atoms with Crippen molar-refractivity contribution < 1.29 is 4.79 Å². The predicted molar refractivity (Wildman–Crippen MR) is 99.1 cm³/mol. The first-order valence-electron chi connectivity index (χ1n) is 9.12. The molecule has 0 aliphatic heterocycles. The van der Waals surface area contributed by atoms with Crippen molar-refractivity contribution in [1.82, 2.24) is 5.32 Å². The molecule has 0 atom stereocenters. The van der Waals surface area contributed by atoms with E-state index in [0.717, 1.165) is 30.0 Å². The Kier molecular flexibility index (Phi) is 5.68. The largest absolute Gasteiger partial charge is 0.352 e. The highest BCUT2D eigenvalue weighted by molar-refractivity contribution is 5.95. The van der Waals surface area contributed by atoms with Crippen LogP contribution in [0.25, 0.3) is 0 Å². The molecule has 2 aromatic rings. The van der Waals surface area contributed by atoms with Gasteiger partial charge in [0.2, 0.25) is 0 Å². The Balaban J connectivity index is 1.62. The quantitative estimate of drug-likeness (QED) is 0.839. The van der Waals surface area contributed by atoms with Gasteiger partial charge in [-0.1, -0.05) is 68.3 Å². The Morgan fingerprint density at radius 1 is 0.958 bits per heavy atom. The molecule has 2 nitrogen and oxygen atoms in total. The van der Waals surface area contributed by atoms with Crippen molar-refractivity contribution in [3.63, 3.8) is 0 Å². The molecule has 1 fully saturated rings. The molecule has 0 radical (unpaired) electrons. The molecule has 2 aromatic carbocycles. The van der Waals surface area contributed by atoms with Crippen LogP contribution in [-0.4, -0.2) is 12.5 Å². The van der Waals surface area contributed by atoms with Gasteiger partial charge in [0.25, 0.3) is 5.91 Å². The first-order valence-corrected chi connectivity index (χ1v) is 9.12. The molecule has 24 heavy (non-hydrogen) atoms. The summed E-state index contributed by atoms with van der Waals surface area (Å²) in [6.07, 6.45) is 5.88. The van der Waals surface area contributed by atoms with Crippen LogP contribution in [0, 0.1) is 11.8 Å². The van der Waals surface area contributed by atoms with Crippen LogP contribution in [-0.2, 0) is 6.42 Å². The summed E-state index contributed by atoms with van der Waals surface area (Å²) >= 11 is 0. The number of benzene rings is 2. The number of hydrogen-bond donors (Lipinski definition) is 1. The van der Waals surface area contributed by atoms with E-state index in [2.05, 4.69) is 30.4 Å². The van der Waals surface area contributed by atoms with Crippen LogP contribution >= 0.6 is 0 Å². The third-order valence-corrected chi connectivity index (χ3v) is 5.19. The summed E-state index contributed by atoms with van der Waals surface area (Å²) in [6.45, 7) is 3.14. The van der Waals surface area contributed by atoms with Gasteiger partial charge < -0.3 is 5.32 Å². The molecular weight excluding hydrogens is 294 g/mol. The summed E-state index contributed by atoms with van der Waals surface area (Å²) in [5.41, 5.74) is 3.14. The van der Waals surface area contributed by atoms with Gasteiger partial charge in [-0.15, -0.1) is 0 Å². The van der Waals surface area contributed by atoms with E-state index in [-0.39, 0.29) is 5.91 Å². The fourth-order valence-corrected chi connectivity index (χ4v) is 3.58. The molecular formula is C22H27NO. The highest BCUT2D eigenvalue weighted by atomic mass is 16.1. The third kappa shape index (κ3) is 4.47. The zero-order valence-electron chi connectivity index (χ0n) is 14.5. The van der Waals surface area contributed by atoms with Crippen molar-refractivity contribution in [3.8, 4) is 0 Å². The van der Waals surface area contributed by atoms with E-state index in [1.165, 1.54) is 31.2 Å². The Labute approximate surface area is 145 Å². The third-order valence-electron chi connectivity index (χ3n) is 5.19. The maximum Gasteiger partial charge on any atom is 0.251 e. The minimum Gasteiger partial charge on any atom is -0.352 e. The molecule has 2 heteroatoms. The smallest absolute Gasteiger partial charge is 0.251 e. The van der Waals surface area contributed by atoms with Gasteiger partial charge in [-0.05, 0) is 48.3 Å². The Hall–Kier alpha value is -2.09. The van der Waals surface area contributed by atoms with Gasteiger partial charge in [-0.25, -0.2) is 0 Å². The topological polar surface area (TPSA) is 29.1 Å². The molecule has 1 aliphatic rings. The van der Waals surface area contributed by atoms with Crippen LogP contribution in [0.15, 0.2) is 54.6 Å². The number of nitrogens with one attached hydrogen (secondary N) is 1. The fraction of sp³-hybridized carbons (Fsp3) is 0.409. The lowest BCUT2D eigenvalue weighted by molar-refractivity contribution is 0.0941. The van der Waals surface area contributed by atoms with Gasteiger partial charge in [-0.2, -0.15) is 0 Å². The zero-order valence-corrected chi connectivity index (χ0v) is 14.5. The Morgan fingerprint density at radius 3 is 2.38 bits per heavy atom. The second-order valence-corrected chi connectivity index (χ2v) is 7.16. The Bertz CT molecular complexity index is 657. The molecule has 0 heterocycles. The van der Waals surface area contributed by atoms with Gasteiger partial charge >= 0.3 is 0 Å². The van der Waals surface area contributed by atoms with Crippen molar-refractivity contribution in [2.24, 2.45) is 11.8 Å². The molecule has 1 amide bonds. The minimum absolute atomic E-state index is 0.0696. The van der Waals surface area contributed by atoms with Crippen LogP contribution in [0.3, 0.4) is 0 Å². The molecule has 0 spiro atoms. The minimum atomic E-state index is 0.0696. The molecule has 0 aromatic heterocycles. The van der Waals surface area contributed by atoms with E-state index in [9.17, 15) is 4.79 Å². The lowest BCUT2D eigenvalue weighted by atomic mass is 9.83. The molecule has 1 N–H and O–H groups in total. The lowest BCUT2D eigenvalue weighted by Crippen LogP contribution is -2.31. The zero-order chi connectivity index (χ0) is 16.8. The van der Waals surface area contributed by atoms with E-state index >= 15 is 0 Å². The van der Waals surface area contributed by atoms with Crippen molar-refractivity contribution in [2.75, 3.05) is 6.54 Å². The van der Waals surface area contributed by atoms with Crippen LogP contribution in [0.4, 0.5) is 0 Å². The number of amides is 1. The monoisotopic (exact) mass is 321 g/mol. The first-order chi connectivity index (χ1) is 11.7. The molecule has 0 bridgehead atoms. The van der Waals surface area contributed by atoms with Crippen LogP contribution in [0.5, 0.6) is 0 Å². The average molecular weight is 321 g/mol. The number of rotatable bonds is 5. The normalized spacial score (nSPS) is 20.5. The number of carbonyl (C=O) groups is 1. The molecule has 0 unspecified atom stereocenters. The summed E-state index contributed by atoms with van der Waals surface area (Å²) in [4.78, 5) is 12.7. The summed E-state index contributed by atoms with van der Waals surface area (Å²) in [7, 11) is 0. The van der Waals surface area contributed by atoms with E-state index in [4.69, 9.17) is 0 Å². The van der Waals surface area contributed by atoms with Crippen LogP contribution < -0.4 is 5.32 Å². The van der Waals surface area contributed by atoms with Gasteiger partial charge in [0.1, 0.15) is 0 Å². The molecule has 0 saturated heterocycles. The van der Waals surface area contributed by atoms with E-state index < -0.39 is 0 Å². The molecule has 1 aliphatic carbocycles. The SMILES string of the molecule is CC1CCC(CNC(=O)c2ccccc2Cc2ccccc2)CC1. The highest BCUT2D eigenvalue weighted by Gasteiger charge is 2.19. The van der Waals surface area contributed by atoms with Crippen molar-refractivity contribution in [1.29, 1.82) is 0 Å². The standard InChI is InChI=1S/C22H27NO/c1-17-11-13-19(14-12-17)16-23-22(24)21-10-6-5-9-20(21)15-18-7-3-2-4-8-18/h2-10,17,19H,11-16H2,1H3,(H,23,24). The number of carbonyl (C=O) groups excluding carboxylic acids is 1. The van der Waals surface area contributed by atoms with Crippen molar-refractivity contribution in [2.45, 2.75) is 39.0 Å². The average Bonchev–Trinajstić information content (AvgIpc) is 2.62. The van der Waals surface area contributed by atoms with Gasteiger partial charge in [-0.3, -0.25) is 4.79 Å². The summed E-state index contributed by atoms with van der Waals surface area (Å²) in [5.74, 6) is 1.56. The molecule has 126 valence electrons. The summed E-state index contributed by atoms with van der Waals surface area (Å²) in [6, 6.07) is 18.3. The molecule has 3 rings (SSSR count). The molecule has 1 saturated carbocycles. The summed E-state index contributed by atoms with van der Waals surface area (Å²) < 4.78 is 0. The maximum atomic E-state index is 12.7. The second-order valence-electron chi connectivity index (χ2n) is 7.16. The Morgan fingerprint density at radius 2 is 1.62 bits per heavy atom. The first kappa shape index (κ1) is 16.8. The van der Waals surface area contributed by atoms with E-state index in [1.54, 1.807) is 0 Å². The summed E-state index contributed by atoms with van der Waals surface area (Å²) in [5, 5.41) is 3.17. The van der Waals surface area contributed by atoms with Crippen molar-refractivity contribution in [3.05, 3.63) is 71.3 Å². The highest BCUT2D eigenvalue weighted by Crippen LogP contribution is 2.27. The van der Waals surface area contributed by atoms with Gasteiger partial charge in [0.15, 0.2) is 0 Å². The predicted octanol–water partition coefficient (Wildman–Crippen LogP) is 4.83. The second kappa shape index (κ2) is 8.14. The lowest BCUT2D eigenvalue weighted by Gasteiger charge is -2.26. The number of hydrogen-bond acceptors (Lipinski definition) is 1. The van der Waals surface area contributed by atoms with Crippen LogP contribution in [0.2, 0.25) is 0 Å². The van der Waals surface area contributed by atoms with Gasteiger partial charge in [0.05, 0.1) is 0 Å².